The van der Waals surface area contributed by atoms with Gasteiger partial charge in [-0.05, 0) is 18.8 Å². The fourth-order valence-corrected chi connectivity index (χ4v) is 2.98. The molecule has 0 aromatic rings. The lowest BCUT2D eigenvalue weighted by Crippen LogP contribution is -2.53. The van der Waals surface area contributed by atoms with E-state index in [-0.39, 0.29) is 17.9 Å². The van der Waals surface area contributed by atoms with Crippen LogP contribution in [0.5, 0.6) is 0 Å². The van der Waals surface area contributed by atoms with Gasteiger partial charge in [-0.25, -0.2) is 0 Å². The average Bonchev–Trinajstić information content (AvgIpc) is 2.96. The standard InChI is InChI=1S/C15H27N3O2/c1-3-12(2)11-14(19)18-8-4-5-13(18)15(20)17-9-6-16-7-10-17/h12-13,16H,3-11H2,1-2H3. The molecule has 2 fully saturated rings. The minimum Gasteiger partial charge on any atom is -0.338 e. The Hall–Kier alpha value is -1.10. The second-order valence-corrected chi connectivity index (χ2v) is 6.04. The first kappa shape index (κ1) is 15.3. The van der Waals surface area contributed by atoms with Crippen molar-refractivity contribution in [2.75, 3.05) is 32.7 Å². The lowest BCUT2D eigenvalue weighted by Gasteiger charge is -2.33. The van der Waals surface area contributed by atoms with Crippen LogP contribution >= 0.6 is 0 Å². The predicted molar refractivity (Wildman–Crippen MR) is 78.3 cm³/mol. The van der Waals surface area contributed by atoms with Crippen LogP contribution in [0.1, 0.15) is 39.5 Å². The Kier molecular flexibility index (Phi) is 5.40. The lowest BCUT2D eigenvalue weighted by atomic mass is 10.0. The maximum atomic E-state index is 12.6. The van der Waals surface area contributed by atoms with E-state index in [1.54, 1.807) is 0 Å². The van der Waals surface area contributed by atoms with E-state index < -0.39 is 0 Å². The molecule has 5 nitrogen and oxygen atoms in total. The minimum atomic E-state index is -0.204. The molecule has 2 unspecified atom stereocenters. The van der Waals surface area contributed by atoms with Crippen LogP contribution in [0.3, 0.4) is 0 Å². The molecule has 2 heterocycles. The summed E-state index contributed by atoms with van der Waals surface area (Å²) in [5, 5.41) is 3.25. The first-order chi connectivity index (χ1) is 9.63. The zero-order valence-corrected chi connectivity index (χ0v) is 12.7. The fraction of sp³-hybridized carbons (Fsp3) is 0.867. The highest BCUT2D eigenvalue weighted by atomic mass is 16.2. The Bertz CT molecular complexity index is 353. The van der Waals surface area contributed by atoms with Gasteiger partial charge in [0.1, 0.15) is 6.04 Å². The zero-order chi connectivity index (χ0) is 14.5. The topological polar surface area (TPSA) is 52.7 Å². The molecule has 5 heteroatoms. The maximum Gasteiger partial charge on any atom is 0.245 e. The van der Waals surface area contributed by atoms with Crippen molar-refractivity contribution in [1.82, 2.24) is 15.1 Å². The number of piperazine rings is 1. The molecule has 2 aliphatic heterocycles. The van der Waals surface area contributed by atoms with Gasteiger partial charge in [0, 0.05) is 39.1 Å². The SMILES string of the molecule is CCC(C)CC(=O)N1CCCC1C(=O)N1CCNCC1. The Morgan fingerprint density at radius 1 is 1.25 bits per heavy atom. The van der Waals surface area contributed by atoms with Crippen LogP contribution in [-0.2, 0) is 9.59 Å². The molecule has 0 bridgehead atoms. The molecular formula is C15H27N3O2. The molecule has 0 spiro atoms. The second-order valence-electron chi connectivity index (χ2n) is 6.04. The highest BCUT2D eigenvalue weighted by Gasteiger charge is 2.36. The smallest absolute Gasteiger partial charge is 0.245 e. The number of carbonyl (C=O) groups excluding carboxylic acids is 2. The highest BCUT2D eigenvalue weighted by Crippen LogP contribution is 2.22. The molecule has 0 saturated carbocycles. The third-order valence-corrected chi connectivity index (χ3v) is 4.51. The molecule has 0 aliphatic carbocycles. The summed E-state index contributed by atoms with van der Waals surface area (Å²) in [6.45, 7) is 8.20. The van der Waals surface area contributed by atoms with E-state index in [4.69, 9.17) is 0 Å². The van der Waals surface area contributed by atoms with Crippen molar-refractivity contribution < 1.29 is 9.59 Å². The van der Waals surface area contributed by atoms with E-state index in [0.29, 0.717) is 12.3 Å². The number of rotatable bonds is 4. The van der Waals surface area contributed by atoms with Crippen LogP contribution in [-0.4, -0.2) is 60.4 Å². The molecule has 0 aromatic heterocycles. The summed E-state index contributed by atoms with van der Waals surface area (Å²) < 4.78 is 0. The van der Waals surface area contributed by atoms with E-state index in [0.717, 1.165) is 52.0 Å². The van der Waals surface area contributed by atoms with Crippen LogP contribution in [0.4, 0.5) is 0 Å². The summed E-state index contributed by atoms with van der Waals surface area (Å²) >= 11 is 0. The normalized spacial score (nSPS) is 24.8. The maximum absolute atomic E-state index is 12.6. The third kappa shape index (κ3) is 3.51. The quantitative estimate of drug-likeness (QED) is 0.831. The van der Waals surface area contributed by atoms with Crippen molar-refractivity contribution in [2.45, 2.75) is 45.6 Å². The van der Waals surface area contributed by atoms with Crippen molar-refractivity contribution >= 4 is 11.8 Å². The van der Waals surface area contributed by atoms with Crippen molar-refractivity contribution in [3.8, 4) is 0 Å². The number of hydrogen-bond acceptors (Lipinski definition) is 3. The van der Waals surface area contributed by atoms with E-state index in [1.165, 1.54) is 0 Å². The summed E-state index contributed by atoms with van der Waals surface area (Å²) in [4.78, 5) is 28.7. The van der Waals surface area contributed by atoms with Crippen molar-refractivity contribution in [1.29, 1.82) is 0 Å². The van der Waals surface area contributed by atoms with Gasteiger partial charge in [0.05, 0.1) is 0 Å². The van der Waals surface area contributed by atoms with Gasteiger partial charge in [0.2, 0.25) is 11.8 Å². The molecule has 2 rings (SSSR count). The summed E-state index contributed by atoms with van der Waals surface area (Å²) in [5.41, 5.74) is 0. The first-order valence-electron chi connectivity index (χ1n) is 7.92. The molecule has 114 valence electrons. The number of likely N-dealkylation sites (tertiary alicyclic amines) is 1. The molecule has 2 aliphatic rings. The largest absolute Gasteiger partial charge is 0.338 e. The number of amides is 2. The Morgan fingerprint density at radius 2 is 1.95 bits per heavy atom. The summed E-state index contributed by atoms with van der Waals surface area (Å²) in [6.07, 6.45) is 3.36. The van der Waals surface area contributed by atoms with Gasteiger partial charge in [0.25, 0.3) is 0 Å². The molecule has 1 N–H and O–H groups in total. The van der Waals surface area contributed by atoms with E-state index in [1.807, 2.05) is 9.80 Å². The molecule has 20 heavy (non-hydrogen) atoms. The molecule has 2 saturated heterocycles. The van der Waals surface area contributed by atoms with E-state index >= 15 is 0 Å². The molecular weight excluding hydrogens is 254 g/mol. The van der Waals surface area contributed by atoms with Crippen LogP contribution in [0, 0.1) is 5.92 Å². The second kappa shape index (κ2) is 7.07. The molecule has 2 amide bonds. The van der Waals surface area contributed by atoms with Crippen LogP contribution in [0.25, 0.3) is 0 Å². The third-order valence-electron chi connectivity index (χ3n) is 4.51. The number of hydrogen-bond donors (Lipinski definition) is 1. The van der Waals surface area contributed by atoms with E-state index in [2.05, 4.69) is 19.2 Å². The van der Waals surface area contributed by atoms with E-state index in [9.17, 15) is 9.59 Å². The van der Waals surface area contributed by atoms with Crippen LogP contribution < -0.4 is 5.32 Å². The summed E-state index contributed by atoms with van der Waals surface area (Å²) in [7, 11) is 0. The minimum absolute atomic E-state index is 0.154. The van der Waals surface area contributed by atoms with Crippen LogP contribution in [0.15, 0.2) is 0 Å². The Labute approximate surface area is 121 Å². The number of carbonyl (C=O) groups is 2. The van der Waals surface area contributed by atoms with Gasteiger partial charge in [-0.1, -0.05) is 20.3 Å². The van der Waals surface area contributed by atoms with Crippen molar-refractivity contribution in [2.24, 2.45) is 5.92 Å². The molecule has 0 radical (unpaired) electrons. The van der Waals surface area contributed by atoms with Gasteiger partial charge in [0.15, 0.2) is 0 Å². The molecule has 0 aromatic carbocycles. The number of nitrogens with one attached hydrogen (secondary N) is 1. The lowest BCUT2D eigenvalue weighted by molar-refractivity contribution is -0.144. The molecule has 2 atom stereocenters. The first-order valence-corrected chi connectivity index (χ1v) is 7.92. The number of nitrogens with zero attached hydrogens (tertiary/aromatic N) is 2. The highest BCUT2D eigenvalue weighted by molar-refractivity contribution is 5.88. The van der Waals surface area contributed by atoms with Gasteiger partial charge in [-0.2, -0.15) is 0 Å². The van der Waals surface area contributed by atoms with Gasteiger partial charge in [-0.15, -0.1) is 0 Å². The van der Waals surface area contributed by atoms with Gasteiger partial charge < -0.3 is 15.1 Å². The Morgan fingerprint density at radius 3 is 2.60 bits per heavy atom. The summed E-state index contributed by atoms with van der Waals surface area (Å²) in [5.74, 6) is 0.713. The van der Waals surface area contributed by atoms with Gasteiger partial charge >= 0.3 is 0 Å². The monoisotopic (exact) mass is 281 g/mol. The zero-order valence-electron chi connectivity index (χ0n) is 12.7. The van der Waals surface area contributed by atoms with Gasteiger partial charge in [-0.3, -0.25) is 9.59 Å². The Balaban J connectivity index is 1.95. The van der Waals surface area contributed by atoms with Crippen molar-refractivity contribution in [3.63, 3.8) is 0 Å². The average molecular weight is 281 g/mol. The van der Waals surface area contributed by atoms with Crippen molar-refractivity contribution in [3.05, 3.63) is 0 Å². The van der Waals surface area contributed by atoms with Crippen LogP contribution in [0.2, 0.25) is 0 Å². The predicted octanol–water partition coefficient (Wildman–Crippen LogP) is 0.845. The fourth-order valence-electron chi connectivity index (χ4n) is 2.98. The summed E-state index contributed by atoms with van der Waals surface area (Å²) in [6, 6.07) is -0.204.